The molecule has 19 heteroatoms. The highest BCUT2D eigenvalue weighted by molar-refractivity contribution is 7.86. The zero-order valence-corrected chi connectivity index (χ0v) is 39.3. The lowest BCUT2D eigenvalue weighted by atomic mass is 10.1. The summed E-state index contributed by atoms with van der Waals surface area (Å²) in [5, 5.41) is 51.3. The van der Waals surface area contributed by atoms with Gasteiger partial charge in [0, 0.05) is 22.8 Å². The Bertz CT molecular complexity index is 3380. The van der Waals surface area contributed by atoms with Crippen molar-refractivity contribution in [3.63, 3.8) is 0 Å². The Kier molecular flexibility index (Phi) is 14.9. The Morgan fingerprint density at radius 2 is 0.971 bits per heavy atom. The number of nitrogens with zero attached hydrogens (tertiary/aromatic N) is 8. The number of para-hydroxylation sites is 1. The molecule has 0 aliphatic heterocycles. The normalized spacial score (nSPS) is 12.3. The van der Waals surface area contributed by atoms with Crippen molar-refractivity contribution in [2.24, 2.45) is 40.9 Å². The molecule has 17 nitrogen and oxygen atoms in total. The summed E-state index contributed by atoms with van der Waals surface area (Å²) in [6.07, 6.45) is 0.437. The van der Waals surface area contributed by atoms with Crippen molar-refractivity contribution in [3.8, 4) is 11.5 Å². The molecule has 68 heavy (non-hydrogen) atoms. The Balaban J connectivity index is 1.07. The molecule has 0 aliphatic rings. The second kappa shape index (κ2) is 20.9. The van der Waals surface area contributed by atoms with Crippen LogP contribution in [0.4, 0.5) is 56.9 Å². The van der Waals surface area contributed by atoms with E-state index in [4.69, 9.17) is 9.29 Å². The first-order chi connectivity index (χ1) is 32.4. The Morgan fingerprint density at radius 1 is 0.485 bits per heavy atom. The summed E-state index contributed by atoms with van der Waals surface area (Å²) in [6.45, 7) is 9.35. The van der Waals surface area contributed by atoms with Crippen LogP contribution in [0.15, 0.2) is 167 Å². The van der Waals surface area contributed by atoms with Gasteiger partial charge in [-0.1, -0.05) is 36.4 Å². The van der Waals surface area contributed by atoms with Gasteiger partial charge in [-0.2, -0.15) is 42.4 Å². The smallest absolute Gasteiger partial charge is 0.296 e. The number of hydrogen-bond acceptors (Lipinski definition) is 15. The summed E-state index contributed by atoms with van der Waals surface area (Å²) in [6, 6.07) is 35.4. The van der Waals surface area contributed by atoms with E-state index in [1.165, 1.54) is 18.2 Å². The zero-order chi connectivity index (χ0) is 48.6. The van der Waals surface area contributed by atoms with Crippen LogP contribution in [0.25, 0.3) is 10.8 Å². The molecule has 0 radical (unpaired) electrons. The molecule has 0 amide bonds. The number of aryl methyl sites for hydroxylation is 5. The predicted octanol–water partition coefficient (Wildman–Crippen LogP) is 14.8. The van der Waals surface area contributed by atoms with E-state index in [0.29, 0.717) is 57.2 Å². The quantitative estimate of drug-likeness (QED) is 0.0384. The molecule has 0 spiro atoms. The first-order valence-electron chi connectivity index (χ1n) is 21.2. The zero-order valence-electron chi connectivity index (χ0n) is 37.7. The van der Waals surface area contributed by atoms with E-state index in [1.807, 2.05) is 107 Å². The summed E-state index contributed by atoms with van der Waals surface area (Å²) in [5.74, 6) is -0.154. The number of anilines is 2. The van der Waals surface area contributed by atoms with Crippen LogP contribution in [-0.4, -0.2) is 43.4 Å². The van der Waals surface area contributed by atoms with Gasteiger partial charge in [-0.05, 0) is 160 Å². The van der Waals surface area contributed by atoms with Gasteiger partial charge in [0.25, 0.3) is 20.2 Å². The fourth-order valence-corrected chi connectivity index (χ4v) is 8.06. The van der Waals surface area contributed by atoms with E-state index in [2.05, 4.69) is 46.2 Å². The number of fused-ring (bicyclic) bond motifs is 1. The topological polar surface area (TPSA) is 249 Å². The number of azo groups is 4. The number of phenols is 1. The lowest BCUT2D eigenvalue weighted by molar-refractivity contribution is 0.310. The van der Waals surface area contributed by atoms with Gasteiger partial charge in [-0.25, -0.2) is 0 Å². The minimum atomic E-state index is -4.57. The fraction of sp³-hybridized carbons (Fsp3) is 0.184. The number of phenolic OH excluding ortho intramolecular Hbond substituents is 1. The molecule has 0 saturated heterocycles. The second-order valence-corrected chi connectivity index (χ2v) is 18.9. The third-order valence-electron chi connectivity index (χ3n) is 10.6. The average Bonchev–Trinajstić information content (AvgIpc) is 3.29. The number of hydrogen-bond donors (Lipinski definition) is 4. The minimum absolute atomic E-state index is 0.0352. The molecule has 0 fully saturated rings. The molecule has 7 rings (SSSR count). The number of benzene rings is 7. The summed E-state index contributed by atoms with van der Waals surface area (Å²) in [5.41, 5.74) is 8.92. The number of rotatable bonds is 17. The van der Waals surface area contributed by atoms with Crippen molar-refractivity contribution in [1.29, 1.82) is 0 Å². The van der Waals surface area contributed by atoms with Crippen LogP contribution in [0, 0.1) is 34.6 Å². The van der Waals surface area contributed by atoms with E-state index in [9.17, 15) is 26.5 Å². The summed E-state index contributed by atoms with van der Waals surface area (Å²) in [4.78, 5) is -0.410. The van der Waals surface area contributed by atoms with Gasteiger partial charge < -0.3 is 15.2 Å². The van der Waals surface area contributed by atoms with Crippen LogP contribution in [0.5, 0.6) is 11.5 Å². The first kappa shape index (κ1) is 48.4. The molecule has 7 aromatic rings. The highest BCUT2D eigenvalue weighted by Gasteiger charge is 2.16. The van der Waals surface area contributed by atoms with Crippen molar-refractivity contribution in [2.45, 2.75) is 52.4 Å². The number of unbranched alkanes of at least 4 members (excludes halogenated alkanes) is 1. The van der Waals surface area contributed by atoms with Crippen molar-refractivity contribution in [2.75, 3.05) is 17.7 Å². The summed E-state index contributed by atoms with van der Waals surface area (Å²) >= 11 is 0. The van der Waals surface area contributed by atoms with Gasteiger partial charge in [-0.15, -0.1) is 15.3 Å². The summed E-state index contributed by atoms with van der Waals surface area (Å²) < 4.78 is 71.0. The maximum atomic E-state index is 11.9. The van der Waals surface area contributed by atoms with Crippen molar-refractivity contribution < 1.29 is 35.8 Å². The third-order valence-corrected chi connectivity index (χ3v) is 12.3. The van der Waals surface area contributed by atoms with E-state index in [1.54, 1.807) is 31.2 Å². The number of nitrogens with one attached hydrogen (secondary N) is 1. The van der Waals surface area contributed by atoms with Gasteiger partial charge in [0.2, 0.25) is 0 Å². The van der Waals surface area contributed by atoms with Crippen LogP contribution in [0.3, 0.4) is 0 Å². The third kappa shape index (κ3) is 12.4. The maximum absolute atomic E-state index is 11.9. The van der Waals surface area contributed by atoms with E-state index < -0.39 is 30.9 Å². The van der Waals surface area contributed by atoms with Gasteiger partial charge in [0.05, 0.1) is 40.8 Å². The lowest BCUT2D eigenvalue weighted by Crippen LogP contribution is -2.06. The standard InChI is InChI=1S/C49H47N9O8S2/c1-30-24-42(31(2)23-41(30)53-52-40-20-17-35-28-37(18-19-38(35)49(40)59)50-36-13-7-6-8-14-36)54-55-43-25-33(4)44(26-32(43)3)56-58-46-27-34(5)45(29-47(46)66-21-11-12-22-67(60,61)62)57-51-39-15-9-10-16-48(39)68(63,64)65/h6-10,13-20,23-29,50,59H,11-12,21-22H2,1-5H3,(H,60,61,62)(H,63,64,65). The molecule has 0 saturated carbocycles. The molecular weight excluding hydrogens is 907 g/mol. The molecule has 0 aromatic heterocycles. The molecule has 4 N–H and O–H groups in total. The monoisotopic (exact) mass is 953 g/mol. The fourth-order valence-electron chi connectivity index (χ4n) is 6.87. The van der Waals surface area contributed by atoms with Crippen molar-refractivity contribution >= 4 is 87.9 Å². The minimum Gasteiger partial charge on any atom is -0.505 e. The van der Waals surface area contributed by atoms with Crippen LogP contribution < -0.4 is 10.1 Å². The van der Waals surface area contributed by atoms with E-state index in [0.717, 1.165) is 39.0 Å². The number of ether oxygens (including phenoxy) is 1. The lowest BCUT2D eigenvalue weighted by Gasteiger charge is -2.11. The van der Waals surface area contributed by atoms with Gasteiger partial charge in [0.1, 0.15) is 27.7 Å². The first-order valence-corrected chi connectivity index (χ1v) is 24.2. The summed E-state index contributed by atoms with van der Waals surface area (Å²) in [7, 11) is -8.70. The molecule has 0 unspecified atom stereocenters. The Labute approximate surface area is 393 Å². The van der Waals surface area contributed by atoms with Crippen LogP contribution >= 0.6 is 0 Å². The molecular formula is C49H47N9O8S2. The van der Waals surface area contributed by atoms with Crippen LogP contribution in [-0.2, 0) is 20.2 Å². The highest BCUT2D eigenvalue weighted by atomic mass is 32.2. The Morgan fingerprint density at radius 3 is 1.53 bits per heavy atom. The van der Waals surface area contributed by atoms with Crippen LogP contribution in [0.2, 0.25) is 0 Å². The maximum Gasteiger partial charge on any atom is 0.296 e. The van der Waals surface area contributed by atoms with Crippen molar-refractivity contribution in [1.82, 2.24) is 0 Å². The molecule has 0 heterocycles. The molecule has 0 bridgehead atoms. The van der Waals surface area contributed by atoms with E-state index >= 15 is 0 Å². The highest BCUT2D eigenvalue weighted by Crippen LogP contribution is 2.41. The molecule has 0 atom stereocenters. The molecule has 7 aromatic carbocycles. The number of aromatic hydroxyl groups is 1. The largest absolute Gasteiger partial charge is 0.505 e. The van der Waals surface area contributed by atoms with Gasteiger partial charge >= 0.3 is 0 Å². The van der Waals surface area contributed by atoms with Crippen LogP contribution in [0.1, 0.15) is 40.7 Å². The van der Waals surface area contributed by atoms with Crippen molar-refractivity contribution in [3.05, 3.63) is 149 Å². The van der Waals surface area contributed by atoms with E-state index in [-0.39, 0.29) is 30.2 Å². The van der Waals surface area contributed by atoms with Gasteiger partial charge in [0.15, 0.2) is 5.75 Å². The average molecular weight is 954 g/mol. The Hall–Kier alpha value is -7.58. The van der Waals surface area contributed by atoms with Gasteiger partial charge in [-0.3, -0.25) is 9.11 Å². The SMILES string of the molecule is Cc1cc(N=Nc2cc(C)c(N=Nc3ccccc3S(=O)(=O)O)cc2OCCCCS(=O)(=O)O)c(C)cc1N=Nc1cc(C)c(N=Nc2ccc3cc(Nc4ccccc4)ccc3c2O)cc1C. The second-order valence-electron chi connectivity index (χ2n) is 15.9. The molecule has 348 valence electrons. The predicted molar refractivity (Wildman–Crippen MR) is 262 cm³/mol. The molecule has 0 aliphatic carbocycles.